The fourth-order valence-corrected chi connectivity index (χ4v) is 2.82. The second-order valence-electron chi connectivity index (χ2n) is 6.95. The van der Waals surface area contributed by atoms with Gasteiger partial charge in [-0.1, -0.05) is 26.7 Å². The zero-order chi connectivity index (χ0) is 17.5. The molecule has 2 N–H and O–H groups in total. The van der Waals surface area contributed by atoms with E-state index < -0.39 is 0 Å². The van der Waals surface area contributed by atoms with Crippen LogP contribution in [-0.2, 0) is 16.0 Å². The van der Waals surface area contributed by atoms with Crippen molar-refractivity contribution in [3.05, 3.63) is 23.8 Å². The van der Waals surface area contributed by atoms with Crippen LogP contribution < -0.4 is 15.4 Å². The first-order valence-electron chi connectivity index (χ1n) is 8.79. The molecule has 1 aromatic carbocycles. The Morgan fingerprint density at radius 2 is 2.04 bits per heavy atom. The molecule has 0 aliphatic carbocycles. The summed E-state index contributed by atoms with van der Waals surface area (Å²) in [6.45, 7) is 6.46. The molecule has 1 aromatic rings. The van der Waals surface area contributed by atoms with Crippen molar-refractivity contribution in [2.45, 2.75) is 58.9 Å². The Morgan fingerprint density at radius 1 is 1.25 bits per heavy atom. The molecule has 0 saturated carbocycles. The van der Waals surface area contributed by atoms with Gasteiger partial charge in [-0.25, -0.2) is 0 Å². The fraction of sp³-hybridized carbons (Fsp3) is 0.579. The number of fused-ring (bicyclic) bond motifs is 1. The van der Waals surface area contributed by atoms with Gasteiger partial charge in [-0.2, -0.15) is 0 Å². The summed E-state index contributed by atoms with van der Waals surface area (Å²) in [6.07, 6.45) is 4.49. The summed E-state index contributed by atoms with van der Waals surface area (Å²) >= 11 is 0. The fourth-order valence-electron chi connectivity index (χ4n) is 2.82. The highest BCUT2D eigenvalue weighted by molar-refractivity contribution is 5.94. The van der Waals surface area contributed by atoms with Gasteiger partial charge in [0.1, 0.15) is 5.75 Å². The van der Waals surface area contributed by atoms with Gasteiger partial charge in [0.25, 0.3) is 5.91 Å². The minimum Gasteiger partial charge on any atom is -0.484 e. The standard InChI is InChI=1S/C19H28N2O3/c1-13(2)5-4-6-14(3)20-19(23)12-24-16-8-9-17-15(11-16)7-10-18(22)21-17/h8-9,11,13-14H,4-7,10,12H2,1-3H3,(H,20,23)(H,21,22). The van der Waals surface area contributed by atoms with E-state index >= 15 is 0 Å². The van der Waals surface area contributed by atoms with Crippen molar-refractivity contribution in [1.29, 1.82) is 0 Å². The van der Waals surface area contributed by atoms with Gasteiger partial charge in [0.15, 0.2) is 6.61 Å². The minimum absolute atomic E-state index is 0.0136. The van der Waals surface area contributed by atoms with E-state index in [1.165, 1.54) is 6.42 Å². The smallest absolute Gasteiger partial charge is 0.258 e. The van der Waals surface area contributed by atoms with Crippen molar-refractivity contribution in [1.82, 2.24) is 5.32 Å². The molecule has 0 bridgehead atoms. The van der Waals surface area contributed by atoms with Gasteiger partial charge in [0.05, 0.1) is 0 Å². The Morgan fingerprint density at radius 3 is 2.79 bits per heavy atom. The SMILES string of the molecule is CC(C)CCCC(C)NC(=O)COc1ccc2c(c1)CCC(=O)N2. The lowest BCUT2D eigenvalue weighted by Gasteiger charge is -2.18. The Hall–Kier alpha value is -2.04. The molecule has 0 spiro atoms. The number of hydrogen-bond acceptors (Lipinski definition) is 3. The van der Waals surface area contributed by atoms with Gasteiger partial charge in [-0.05, 0) is 49.4 Å². The highest BCUT2D eigenvalue weighted by Crippen LogP contribution is 2.26. The van der Waals surface area contributed by atoms with E-state index in [1.54, 1.807) is 6.07 Å². The zero-order valence-corrected chi connectivity index (χ0v) is 14.9. The van der Waals surface area contributed by atoms with Gasteiger partial charge in [0.2, 0.25) is 5.91 Å². The third-order valence-electron chi connectivity index (χ3n) is 4.17. The number of anilines is 1. The van der Waals surface area contributed by atoms with Crippen molar-refractivity contribution in [3.63, 3.8) is 0 Å². The molecule has 24 heavy (non-hydrogen) atoms. The van der Waals surface area contributed by atoms with Gasteiger partial charge in [-0.15, -0.1) is 0 Å². The van der Waals surface area contributed by atoms with Crippen LogP contribution in [0.15, 0.2) is 18.2 Å². The Kier molecular flexibility index (Phi) is 6.64. The van der Waals surface area contributed by atoms with Gasteiger partial charge in [-0.3, -0.25) is 9.59 Å². The molecule has 2 rings (SSSR count). The van der Waals surface area contributed by atoms with Crippen LogP contribution in [0.2, 0.25) is 0 Å². The number of carbonyl (C=O) groups excluding carboxylic acids is 2. The molecular weight excluding hydrogens is 304 g/mol. The summed E-state index contributed by atoms with van der Waals surface area (Å²) in [6, 6.07) is 5.67. The van der Waals surface area contributed by atoms with E-state index in [1.807, 2.05) is 19.1 Å². The van der Waals surface area contributed by atoms with Crippen molar-refractivity contribution in [2.24, 2.45) is 5.92 Å². The number of hydrogen-bond donors (Lipinski definition) is 2. The second-order valence-corrected chi connectivity index (χ2v) is 6.95. The molecule has 0 fully saturated rings. The van der Waals surface area contributed by atoms with E-state index in [4.69, 9.17) is 4.74 Å². The molecule has 1 unspecified atom stereocenters. The highest BCUT2D eigenvalue weighted by Gasteiger charge is 2.15. The second kappa shape index (κ2) is 8.71. The number of nitrogens with one attached hydrogen (secondary N) is 2. The molecule has 1 aliphatic rings. The first kappa shape index (κ1) is 18.3. The molecule has 5 nitrogen and oxygen atoms in total. The van der Waals surface area contributed by atoms with Crippen molar-refractivity contribution in [3.8, 4) is 5.75 Å². The predicted molar refractivity (Wildman–Crippen MR) is 95.2 cm³/mol. The van der Waals surface area contributed by atoms with E-state index in [9.17, 15) is 9.59 Å². The van der Waals surface area contributed by atoms with Gasteiger partial charge >= 0.3 is 0 Å². The lowest BCUT2D eigenvalue weighted by Crippen LogP contribution is -2.36. The number of amides is 2. The van der Waals surface area contributed by atoms with Gasteiger partial charge in [0, 0.05) is 18.2 Å². The zero-order valence-electron chi connectivity index (χ0n) is 14.9. The van der Waals surface area contributed by atoms with Crippen LogP contribution in [0, 0.1) is 5.92 Å². The van der Waals surface area contributed by atoms with Crippen molar-refractivity contribution < 1.29 is 14.3 Å². The average molecular weight is 332 g/mol. The summed E-state index contributed by atoms with van der Waals surface area (Å²) < 4.78 is 5.58. The molecule has 1 aliphatic heterocycles. The monoisotopic (exact) mass is 332 g/mol. The minimum atomic E-state index is -0.0990. The number of rotatable bonds is 8. The van der Waals surface area contributed by atoms with Crippen LogP contribution in [-0.4, -0.2) is 24.5 Å². The molecule has 1 heterocycles. The molecule has 0 radical (unpaired) electrons. The Bertz CT molecular complexity index is 584. The number of aryl methyl sites for hydroxylation is 1. The van der Waals surface area contributed by atoms with Crippen LogP contribution in [0.1, 0.15) is 52.0 Å². The summed E-state index contributed by atoms with van der Waals surface area (Å²) in [7, 11) is 0. The maximum atomic E-state index is 12.0. The van der Waals surface area contributed by atoms with Crippen LogP contribution in [0.3, 0.4) is 0 Å². The van der Waals surface area contributed by atoms with Crippen molar-refractivity contribution in [2.75, 3.05) is 11.9 Å². The molecular formula is C19H28N2O3. The summed E-state index contributed by atoms with van der Waals surface area (Å²) in [5.74, 6) is 1.30. The topological polar surface area (TPSA) is 67.4 Å². The largest absolute Gasteiger partial charge is 0.484 e. The molecule has 132 valence electrons. The van der Waals surface area contributed by atoms with Crippen LogP contribution in [0.25, 0.3) is 0 Å². The number of benzene rings is 1. The Labute approximate surface area is 144 Å². The van der Waals surface area contributed by atoms with E-state index in [2.05, 4.69) is 24.5 Å². The average Bonchev–Trinajstić information content (AvgIpc) is 2.52. The highest BCUT2D eigenvalue weighted by atomic mass is 16.5. The Balaban J connectivity index is 1.74. The predicted octanol–water partition coefficient (Wildman–Crippen LogP) is 3.28. The third-order valence-corrected chi connectivity index (χ3v) is 4.17. The van der Waals surface area contributed by atoms with E-state index in [0.29, 0.717) is 24.5 Å². The van der Waals surface area contributed by atoms with Crippen LogP contribution in [0.4, 0.5) is 5.69 Å². The quantitative estimate of drug-likeness (QED) is 0.768. The molecule has 1 atom stereocenters. The van der Waals surface area contributed by atoms with Crippen molar-refractivity contribution >= 4 is 17.5 Å². The maximum absolute atomic E-state index is 12.0. The summed E-state index contributed by atoms with van der Waals surface area (Å²) in [5.41, 5.74) is 1.89. The first-order valence-corrected chi connectivity index (χ1v) is 8.79. The van der Waals surface area contributed by atoms with E-state index in [-0.39, 0.29) is 24.5 Å². The third kappa shape index (κ3) is 5.87. The van der Waals surface area contributed by atoms with Crippen LogP contribution in [0.5, 0.6) is 5.75 Å². The van der Waals surface area contributed by atoms with Crippen LogP contribution >= 0.6 is 0 Å². The molecule has 0 aromatic heterocycles. The van der Waals surface area contributed by atoms with Gasteiger partial charge < -0.3 is 15.4 Å². The lowest BCUT2D eigenvalue weighted by molar-refractivity contribution is -0.123. The number of carbonyl (C=O) groups is 2. The lowest BCUT2D eigenvalue weighted by atomic mass is 10.0. The van der Waals surface area contributed by atoms with E-state index in [0.717, 1.165) is 24.1 Å². The first-order chi connectivity index (χ1) is 11.4. The summed E-state index contributed by atoms with van der Waals surface area (Å²) in [5, 5.41) is 5.80. The normalized spacial score (nSPS) is 14.8. The number of ether oxygens (including phenoxy) is 1. The maximum Gasteiger partial charge on any atom is 0.258 e. The molecule has 0 saturated heterocycles. The summed E-state index contributed by atoms with van der Waals surface area (Å²) in [4.78, 5) is 23.3. The molecule has 5 heteroatoms. The molecule has 2 amide bonds.